The third kappa shape index (κ3) is 5.08. The molecule has 7 heteroatoms. The van der Waals surface area contributed by atoms with E-state index < -0.39 is 5.91 Å². The van der Waals surface area contributed by atoms with E-state index in [1.54, 1.807) is 19.2 Å². The first-order valence-corrected chi connectivity index (χ1v) is 7.21. The summed E-state index contributed by atoms with van der Waals surface area (Å²) < 4.78 is 0. The molecule has 118 valence electrons. The molecular weight excluding hydrogens is 282 g/mol. The molecule has 1 aromatic carbocycles. The van der Waals surface area contributed by atoms with Gasteiger partial charge < -0.3 is 21.7 Å². The minimum absolute atomic E-state index is 0.161. The molecule has 2 amide bonds. The molecule has 22 heavy (non-hydrogen) atoms. The number of benzene rings is 1. The molecule has 1 saturated carbocycles. The van der Waals surface area contributed by atoms with Crippen LogP contribution in [-0.4, -0.2) is 37.4 Å². The van der Waals surface area contributed by atoms with E-state index in [4.69, 9.17) is 5.73 Å². The highest BCUT2D eigenvalue weighted by Crippen LogP contribution is 2.18. The molecule has 7 nitrogen and oxygen atoms in total. The maximum Gasteiger partial charge on any atom is 0.251 e. The average molecular weight is 303 g/mol. The van der Waals surface area contributed by atoms with Crippen molar-refractivity contribution in [2.45, 2.75) is 25.4 Å². The number of aliphatic imine (C=N–C) groups is 1. The molecule has 0 heterocycles. The SMILES string of the molecule is CN=C(NCc1ccc(C(=O)NCC(N)=O)cc1)NC1CC1. The number of guanidine groups is 1. The van der Waals surface area contributed by atoms with Gasteiger partial charge in [0.1, 0.15) is 0 Å². The molecule has 1 fully saturated rings. The molecule has 1 aliphatic carbocycles. The van der Waals surface area contributed by atoms with Crippen LogP contribution in [0.25, 0.3) is 0 Å². The van der Waals surface area contributed by atoms with Crippen LogP contribution < -0.4 is 21.7 Å². The summed E-state index contributed by atoms with van der Waals surface area (Å²) in [5.74, 6) is -0.0981. The minimum atomic E-state index is -0.566. The molecular formula is C15H21N5O2. The molecule has 0 bridgehead atoms. The largest absolute Gasteiger partial charge is 0.368 e. The Morgan fingerprint density at radius 2 is 1.91 bits per heavy atom. The lowest BCUT2D eigenvalue weighted by molar-refractivity contribution is -0.117. The fourth-order valence-corrected chi connectivity index (χ4v) is 1.84. The Balaban J connectivity index is 1.83. The van der Waals surface area contributed by atoms with Crippen LogP contribution in [0.2, 0.25) is 0 Å². The lowest BCUT2D eigenvalue weighted by atomic mass is 10.1. The number of hydrogen-bond acceptors (Lipinski definition) is 3. The van der Waals surface area contributed by atoms with Crippen molar-refractivity contribution in [3.63, 3.8) is 0 Å². The summed E-state index contributed by atoms with van der Waals surface area (Å²) in [6.45, 7) is 0.459. The van der Waals surface area contributed by atoms with Crippen molar-refractivity contribution in [3.8, 4) is 0 Å². The Labute approximate surface area is 129 Å². The van der Waals surface area contributed by atoms with Crippen LogP contribution >= 0.6 is 0 Å². The molecule has 0 aliphatic heterocycles. The van der Waals surface area contributed by atoms with E-state index in [1.807, 2.05) is 12.1 Å². The molecule has 0 radical (unpaired) electrons. The maximum absolute atomic E-state index is 11.7. The highest BCUT2D eigenvalue weighted by molar-refractivity contribution is 5.96. The number of amides is 2. The summed E-state index contributed by atoms with van der Waals surface area (Å²) in [4.78, 5) is 26.5. The molecule has 1 aliphatic rings. The summed E-state index contributed by atoms with van der Waals surface area (Å²) in [5.41, 5.74) is 6.51. The fraction of sp³-hybridized carbons (Fsp3) is 0.400. The highest BCUT2D eigenvalue weighted by atomic mass is 16.2. The van der Waals surface area contributed by atoms with Crippen molar-refractivity contribution >= 4 is 17.8 Å². The predicted molar refractivity (Wildman–Crippen MR) is 84.3 cm³/mol. The summed E-state index contributed by atoms with van der Waals surface area (Å²) in [5, 5.41) is 8.97. The van der Waals surface area contributed by atoms with E-state index in [9.17, 15) is 9.59 Å². The zero-order valence-electron chi connectivity index (χ0n) is 12.6. The van der Waals surface area contributed by atoms with E-state index in [1.165, 1.54) is 12.8 Å². The van der Waals surface area contributed by atoms with Gasteiger partial charge in [-0.15, -0.1) is 0 Å². The van der Waals surface area contributed by atoms with Gasteiger partial charge in [0, 0.05) is 25.2 Å². The fourth-order valence-electron chi connectivity index (χ4n) is 1.84. The van der Waals surface area contributed by atoms with Crippen LogP contribution in [0.4, 0.5) is 0 Å². The molecule has 0 aromatic heterocycles. The van der Waals surface area contributed by atoms with Gasteiger partial charge in [-0.05, 0) is 30.5 Å². The summed E-state index contributed by atoms with van der Waals surface area (Å²) >= 11 is 0. The molecule has 0 spiro atoms. The number of carbonyl (C=O) groups excluding carboxylic acids is 2. The third-order valence-corrected chi connectivity index (χ3v) is 3.24. The van der Waals surface area contributed by atoms with Crippen molar-refractivity contribution in [1.82, 2.24) is 16.0 Å². The molecule has 1 aromatic rings. The number of nitrogens with one attached hydrogen (secondary N) is 3. The lowest BCUT2D eigenvalue weighted by Crippen LogP contribution is -2.38. The number of nitrogens with two attached hydrogens (primary N) is 1. The molecule has 0 unspecified atom stereocenters. The Morgan fingerprint density at radius 3 is 2.45 bits per heavy atom. The molecule has 0 saturated heterocycles. The second-order valence-electron chi connectivity index (χ2n) is 5.19. The monoisotopic (exact) mass is 303 g/mol. The van der Waals surface area contributed by atoms with Crippen LogP contribution in [0.15, 0.2) is 29.3 Å². The van der Waals surface area contributed by atoms with Crippen LogP contribution in [0.3, 0.4) is 0 Å². The van der Waals surface area contributed by atoms with Crippen LogP contribution in [0, 0.1) is 0 Å². The van der Waals surface area contributed by atoms with Gasteiger partial charge in [0.25, 0.3) is 5.91 Å². The van der Waals surface area contributed by atoms with Gasteiger partial charge >= 0.3 is 0 Å². The van der Waals surface area contributed by atoms with Crippen LogP contribution in [0.1, 0.15) is 28.8 Å². The predicted octanol–water partition coefficient (Wildman–Crippen LogP) is -0.271. The summed E-state index contributed by atoms with van der Waals surface area (Å²) in [7, 11) is 1.74. The summed E-state index contributed by atoms with van der Waals surface area (Å²) in [6.07, 6.45) is 2.38. The van der Waals surface area contributed by atoms with Gasteiger partial charge in [0.15, 0.2) is 5.96 Å². The highest BCUT2D eigenvalue weighted by Gasteiger charge is 2.21. The molecule has 0 atom stereocenters. The Morgan fingerprint density at radius 1 is 1.23 bits per heavy atom. The minimum Gasteiger partial charge on any atom is -0.368 e. The lowest BCUT2D eigenvalue weighted by Gasteiger charge is -2.11. The van der Waals surface area contributed by atoms with E-state index in [0.717, 1.165) is 11.5 Å². The summed E-state index contributed by atoms with van der Waals surface area (Å²) in [6, 6.07) is 7.68. The van der Waals surface area contributed by atoms with E-state index >= 15 is 0 Å². The van der Waals surface area contributed by atoms with Gasteiger partial charge in [-0.25, -0.2) is 0 Å². The van der Waals surface area contributed by atoms with Crippen molar-refractivity contribution in [2.75, 3.05) is 13.6 Å². The van der Waals surface area contributed by atoms with E-state index in [2.05, 4.69) is 20.9 Å². The zero-order chi connectivity index (χ0) is 15.9. The quantitative estimate of drug-likeness (QED) is 0.428. The smallest absolute Gasteiger partial charge is 0.251 e. The molecule has 5 N–H and O–H groups in total. The maximum atomic E-state index is 11.7. The van der Waals surface area contributed by atoms with Gasteiger partial charge in [-0.2, -0.15) is 0 Å². The Hall–Kier alpha value is -2.57. The first-order valence-electron chi connectivity index (χ1n) is 7.21. The topological polar surface area (TPSA) is 109 Å². The zero-order valence-corrected chi connectivity index (χ0v) is 12.6. The van der Waals surface area contributed by atoms with Crippen molar-refractivity contribution in [3.05, 3.63) is 35.4 Å². The number of nitrogens with zero attached hydrogens (tertiary/aromatic N) is 1. The Kier molecular flexibility index (Phi) is 5.35. The van der Waals surface area contributed by atoms with Crippen molar-refractivity contribution in [1.29, 1.82) is 0 Å². The first kappa shape index (κ1) is 15.8. The second kappa shape index (κ2) is 7.44. The number of hydrogen-bond donors (Lipinski definition) is 4. The van der Waals surface area contributed by atoms with Gasteiger partial charge in [0.2, 0.25) is 5.91 Å². The van der Waals surface area contributed by atoms with E-state index in [0.29, 0.717) is 18.2 Å². The van der Waals surface area contributed by atoms with Crippen molar-refractivity contribution < 1.29 is 9.59 Å². The van der Waals surface area contributed by atoms with Crippen LogP contribution in [-0.2, 0) is 11.3 Å². The second-order valence-corrected chi connectivity index (χ2v) is 5.19. The average Bonchev–Trinajstić information content (AvgIpc) is 3.33. The standard InChI is InChI=1S/C15H21N5O2/c1-17-15(20-12-6-7-12)19-8-10-2-4-11(5-3-10)14(22)18-9-13(16)21/h2-5,12H,6-9H2,1H3,(H2,16,21)(H,18,22)(H2,17,19,20). The van der Waals surface area contributed by atoms with Crippen molar-refractivity contribution in [2.24, 2.45) is 10.7 Å². The number of primary amides is 1. The van der Waals surface area contributed by atoms with Gasteiger partial charge in [0.05, 0.1) is 6.54 Å². The van der Waals surface area contributed by atoms with Gasteiger partial charge in [-0.1, -0.05) is 12.1 Å². The first-order chi connectivity index (χ1) is 10.6. The normalized spacial score (nSPS) is 14.3. The Bertz CT molecular complexity index is 564. The molecule has 2 rings (SSSR count). The third-order valence-electron chi connectivity index (χ3n) is 3.24. The number of carbonyl (C=O) groups is 2. The van der Waals surface area contributed by atoms with Crippen LogP contribution in [0.5, 0.6) is 0 Å². The van der Waals surface area contributed by atoms with E-state index in [-0.39, 0.29) is 12.5 Å². The number of rotatable bonds is 6. The van der Waals surface area contributed by atoms with Gasteiger partial charge in [-0.3, -0.25) is 14.6 Å².